The maximum atomic E-state index is 11.8. The zero-order valence-electron chi connectivity index (χ0n) is 17.2. The van der Waals surface area contributed by atoms with Crippen molar-refractivity contribution in [1.82, 2.24) is 0 Å². The molecular formula is C21H26NO8Te+. The number of carbonyl (C=O) groups excluding carboxylic acids is 1. The standard InChI is InChI=1S/C21H26NO8Te/c1-22-14-11-15-16(30-9-7-28-5-3-26-2-4-27-6-8-29-15)12-17(14)31-18(22)10-13-19(23)21(25)20(13)24/h10-12,19,21,23,25H,2-9H2,1H3/q+1/b13-10-. The third-order valence-corrected chi connectivity index (χ3v) is 8.37. The molecule has 2 atom stereocenters. The molecule has 4 rings (SSSR count). The van der Waals surface area contributed by atoms with Crippen LogP contribution in [0, 0.1) is 0 Å². The quantitative estimate of drug-likeness (QED) is 0.272. The Hall–Kier alpha value is -1.51. The van der Waals surface area contributed by atoms with Crippen molar-refractivity contribution in [3.05, 3.63) is 21.4 Å². The van der Waals surface area contributed by atoms with Gasteiger partial charge in [-0.25, -0.2) is 0 Å². The van der Waals surface area contributed by atoms with Crippen LogP contribution in [0.2, 0.25) is 0 Å². The number of ether oxygens (including phenoxy) is 5. The molecule has 9 nitrogen and oxygen atoms in total. The van der Waals surface area contributed by atoms with Crippen LogP contribution in [-0.2, 0) is 26.1 Å². The fourth-order valence-corrected chi connectivity index (χ4v) is 6.49. The SMILES string of the molecule is C[n+]1c(/C=C2\C(=O)C(O)C2O)[te]c2cc3c(cc21)OCCOCCOCCOCCO3. The Bertz CT molecular complexity index is 972. The van der Waals surface area contributed by atoms with Gasteiger partial charge in [0.05, 0.1) is 0 Å². The summed E-state index contributed by atoms with van der Waals surface area (Å²) in [6.45, 7) is 3.68. The third kappa shape index (κ3) is 5.12. The van der Waals surface area contributed by atoms with Gasteiger partial charge in [0.1, 0.15) is 0 Å². The number of aliphatic hydroxyl groups excluding tert-OH is 2. The number of hydrogen-bond donors (Lipinski definition) is 2. The summed E-state index contributed by atoms with van der Waals surface area (Å²) in [6, 6.07) is 3.93. The molecule has 1 aliphatic carbocycles. The van der Waals surface area contributed by atoms with Crippen molar-refractivity contribution in [2.75, 3.05) is 52.9 Å². The average molecular weight is 548 g/mol. The molecule has 31 heavy (non-hydrogen) atoms. The Labute approximate surface area is 189 Å². The summed E-state index contributed by atoms with van der Waals surface area (Å²) in [5.41, 5.74) is 1.25. The van der Waals surface area contributed by atoms with E-state index in [-0.39, 0.29) is 5.57 Å². The van der Waals surface area contributed by atoms with E-state index < -0.39 is 38.4 Å². The van der Waals surface area contributed by atoms with Crippen molar-refractivity contribution in [1.29, 1.82) is 0 Å². The minimum absolute atomic E-state index is 0.264. The van der Waals surface area contributed by atoms with Gasteiger partial charge in [0.15, 0.2) is 0 Å². The summed E-state index contributed by atoms with van der Waals surface area (Å²) in [4.78, 5) is 11.8. The molecule has 0 saturated heterocycles. The molecule has 168 valence electrons. The summed E-state index contributed by atoms with van der Waals surface area (Å²) >= 11 is -0.808. The molecule has 2 aliphatic rings. The molecule has 1 aromatic heterocycles. The first-order valence-electron chi connectivity index (χ1n) is 10.1. The number of carbonyl (C=O) groups is 1. The number of Topliss-reactive ketones (excluding diaryl/α,β-unsaturated/α-hetero) is 1. The molecule has 2 heterocycles. The second-order valence-electron chi connectivity index (χ2n) is 7.15. The van der Waals surface area contributed by atoms with Crippen molar-refractivity contribution in [2.45, 2.75) is 12.2 Å². The topological polar surface area (TPSA) is 108 Å². The van der Waals surface area contributed by atoms with Crippen LogP contribution in [0.3, 0.4) is 0 Å². The van der Waals surface area contributed by atoms with Crippen molar-refractivity contribution in [3.63, 3.8) is 0 Å². The number of rotatable bonds is 1. The Morgan fingerprint density at radius 3 is 2.03 bits per heavy atom. The van der Waals surface area contributed by atoms with Gasteiger partial charge in [-0.2, -0.15) is 0 Å². The van der Waals surface area contributed by atoms with E-state index in [0.717, 1.165) is 12.6 Å². The minimum atomic E-state index is -1.31. The number of ketones is 1. The number of hydrogen-bond acceptors (Lipinski definition) is 8. The third-order valence-electron chi connectivity index (χ3n) is 5.10. The van der Waals surface area contributed by atoms with Gasteiger partial charge in [-0.15, -0.1) is 0 Å². The number of benzene rings is 1. The molecule has 0 radical (unpaired) electrons. The molecule has 0 spiro atoms. The van der Waals surface area contributed by atoms with Crippen LogP contribution in [0.15, 0.2) is 17.7 Å². The second kappa shape index (κ2) is 10.4. The Kier molecular flexibility index (Phi) is 7.61. The molecule has 2 N–H and O–H groups in total. The van der Waals surface area contributed by atoms with E-state index in [0.29, 0.717) is 64.4 Å². The molecule has 1 aliphatic heterocycles. The zero-order chi connectivity index (χ0) is 21.8. The molecule has 0 bridgehead atoms. The molecule has 2 unspecified atom stereocenters. The van der Waals surface area contributed by atoms with Crippen LogP contribution < -0.4 is 14.0 Å². The summed E-state index contributed by atoms with van der Waals surface area (Å²) in [7, 11) is 1.92. The predicted octanol–water partition coefficient (Wildman–Crippen LogP) is -0.770. The van der Waals surface area contributed by atoms with Gasteiger partial charge in [0, 0.05) is 0 Å². The van der Waals surface area contributed by atoms with Gasteiger partial charge in [-0.3, -0.25) is 0 Å². The molecule has 1 fully saturated rings. The number of aliphatic hydroxyl groups is 2. The molecule has 1 aromatic carbocycles. The normalized spacial score (nSPS) is 25.1. The van der Waals surface area contributed by atoms with Gasteiger partial charge >= 0.3 is 189 Å². The molecule has 1 saturated carbocycles. The van der Waals surface area contributed by atoms with Crippen molar-refractivity contribution < 1.29 is 43.3 Å². The van der Waals surface area contributed by atoms with Crippen LogP contribution >= 0.6 is 0 Å². The van der Waals surface area contributed by atoms with Crippen LogP contribution in [0.4, 0.5) is 0 Å². The molecule has 2 aromatic rings. The summed E-state index contributed by atoms with van der Waals surface area (Å²) < 4.78 is 32.5. The summed E-state index contributed by atoms with van der Waals surface area (Å²) in [5.74, 6) is 0.858. The van der Waals surface area contributed by atoms with E-state index in [1.807, 2.05) is 23.7 Å². The van der Waals surface area contributed by atoms with Gasteiger partial charge < -0.3 is 0 Å². The molecule has 10 heteroatoms. The monoisotopic (exact) mass is 550 g/mol. The molecule has 0 amide bonds. The fraction of sp³-hybridized carbons (Fsp3) is 0.524. The van der Waals surface area contributed by atoms with E-state index in [1.54, 1.807) is 6.08 Å². The molecular weight excluding hydrogens is 522 g/mol. The van der Waals surface area contributed by atoms with Crippen LogP contribution in [0.1, 0.15) is 3.71 Å². The van der Waals surface area contributed by atoms with E-state index in [9.17, 15) is 15.0 Å². The Morgan fingerprint density at radius 2 is 1.45 bits per heavy atom. The van der Waals surface area contributed by atoms with Crippen molar-refractivity contribution >= 4 is 41.2 Å². The Morgan fingerprint density at radius 1 is 0.903 bits per heavy atom. The van der Waals surface area contributed by atoms with Crippen LogP contribution in [-0.4, -0.2) is 101 Å². The first-order valence-corrected chi connectivity index (χ1v) is 12.5. The number of aromatic nitrogens is 1. The van der Waals surface area contributed by atoms with Gasteiger partial charge in [-0.1, -0.05) is 0 Å². The van der Waals surface area contributed by atoms with Crippen LogP contribution in [0.25, 0.3) is 15.0 Å². The van der Waals surface area contributed by atoms with Gasteiger partial charge in [0.2, 0.25) is 0 Å². The van der Waals surface area contributed by atoms with Crippen LogP contribution in [0.5, 0.6) is 11.5 Å². The average Bonchev–Trinajstić information content (AvgIpc) is 3.07. The van der Waals surface area contributed by atoms with E-state index in [2.05, 4.69) is 0 Å². The maximum absolute atomic E-state index is 11.8. The van der Waals surface area contributed by atoms with E-state index in [4.69, 9.17) is 23.7 Å². The fourth-order valence-electron chi connectivity index (χ4n) is 3.31. The second-order valence-corrected chi connectivity index (χ2v) is 10.2. The van der Waals surface area contributed by atoms with Crippen molar-refractivity contribution in [3.8, 4) is 11.5 Å². The van der Waals surface area contributed by atoms with Crippen molar-refractivity contribution in [2.24, 2.45) is 7.05 Å². The Balaban J connectivity index is 1.60. The summed E-state index contributed by atoms with van der Waals surface area (Å²) in [5, 5.41) is 19.4. The predicted molar refractivity (Wildman–Crippen MR) is 111 cm³/mol. The number of nitrogens with zero attached hydrogens (tertiary/aromatic N) is 1. The number of fused-ring (bicyclic) bond motifs is 2. The number of aryl methyl sites for hydroxylation is 1. The van der Waals surface area contributed by atoms with Gasteiger partial charge in [-0.05, 0) is 0 Å². The van der Waals surface area contributed by atoms with E-state index in [1.165, 1.54) is 0 Å². The first-order chi connectivity index (χ1) is 15.1. The zero-order valence-corrected chi connectivity index (χ0v) is 19.6. The van der Waals surface area contributed by atoms with Gasteiger partial charge in [0.25, 0.3) is 0 Å². The first kappa shape index (κ1) is 22.7. The summed E-state index contributed by atoms with van der Waals surface area (Å²) in [6.07, 6.45) is -0.705. The van der Waals surface area contributed by atoms with E-state index >= 15 is 0 Å².